The standard InChI is InChI=1S/C19H15NO3S/c21-24-20-13-14-7-6-11-17(19(14)23-24)16-10-4-5-12-18(16)22-15-8-2-1-3-9-15/h1-12,20H,13H2. The molecule has 0 aliphatic carbocycles. The summed E-state index contributed by atoms with van der Waals surface area (Å²) in [5.41, 5.74) is 2.74. The average molecular weight is 337 g/mol. The molecule has 1 atom stereocenters. The second-order valence-corrected chi connectivity index (χ2v) is 6.27. The van der Waals surface area contributed by atoms with Crippen LogP contribution in [0.5, 0.6) is 17.2 Å². The number of hydrogen-bond donors (Lipinski definition) is 1. The number of ether oxygens (including phenoxy) is 1. The van der Waals surface area contributed by atoms with Crippen LogP contribution in [-0.2, 0) is 17.8 Å². The Labute approximate surface area is 142 Å². The van der Waals surface area contributed by atoms with Crippen molar-refractivity contribution in [1.29, 1.82) is 0 Å². The molecule has 4 rings (SSSR count). The fourth-order valence-corrected chi connectivity index (χ4v) is 3.35. The van der Waals surface area contributed by atoms with Crippen LogP contribution in [0.3, 0.4) is 0 Å². The third-order valence-electron chi connectivity index (χ3n) is 3.78. The molecule has 1 unspecified atom stereocenters. The van der Waals surface area contributed by atoms with Gasteiger partial charge in [0, 0.05) is 23.2 Å². The van der Waals surface area contributed by atoms with Gasteiger partial charge in [0.25, 0.3) is 11.3 Å². The van der Waals surface area contributed by atoms with Crippen LogP contribution in [0.4, 0.5) is 0 Å². The molecule has 1 heterocycles. The molecule has 24 heavy (non-hydrogen) atoms. The van der Waals surface area contributed by atoms with Gasteiger partial charge >= 0.3 is 0 Å². The Morgan fingerprint density at radius 2 is 1.62 bits per heavy atom. The summed E-state index contributed by atoms with van der Waals surface area (Å²) in [6.45, 7) is 0.511. The van der Waals surface area contributed by atoms with E-state index >= 15 is 0 Å². The van der Waals surface area contributed by atoms with Crippen molar-refractivity contribution in [2.75, 3.05) is 0 Å². The van der Waals surface area contributed by atoms with Crippen LogP contribution in [0, 0.1) is 0 Å². The van der Waals surface area contributed by atoms with Crippen LogP contribution in [0.1, 0.15) is 5.56 Å². The van der Waals surface area contributed by atoms with Crippen molar-refractivity contribution < 1.29 is 13.1 Å². The van der Waals surface area contributed by atoms with Gasteiger partial charge in [-0.2, -0.15) is 8.93 Å². The van der Waals surface area contributed by atoms with Crippen molar-refractivity contribution in [3.05, 3.63) is 78.4 Å². The van der Waals surface area contributed by atoms with Gasteiger partial charge in [0.15, 0.2) is 5.75 Å². The van der Waals surface area contributed by atoms with E-state index in [1.807, 2.05) is 72.8 Å². The molecule has 0 radical (unpaired) electrons. The third kappa shape index (κ3) is 2.91. The Kier molecular flexibility index (Phi) is 4.02. The van der Waals surface area contributed by atoms with E-state index < -0.39 is 11.3 Å². The van der Waals surface area contributed by atoms with E-state index in [4.69, 9.17) is 8.92 Å². The van der Waals surface area contributed by atoms with Gasteiger partial charge in [0.1, 0.15) is 11.5 Å². The molecule has 0 saturated carbocycles. The lowest BCUT2D eigenvalue weighted by Crippen LogP contribution is -2.26. The second kappa shape index (κ2) is 6.47. The predicted octanol–water partition coefficient (Wildman–Crippen LogP) is 4.21. The number of fused-ring (bicyclic) bond motifs is 1. The highest BCUT2D eigenvalue weighted by atomic mass is 32.2. The summed E-state index contributed by atoms with van der Waals surface area (Å²) in [6.07, 6.45) is 0. The number of rotatable bonds is 3. The first-order valence-electron chi connectivity index (χ1n) is 7.59. The summed E-state index contributed by atoms with van der Waals surface area (Å²) >= 11 is -1.52. The number of hydrogen-bond acceptors (Lipinski definition) is 3. The predicted molar refractivity (Wildman–Crippen MR) is 94.0 cm³/mol. The van der Waals surface area contributed by atoms with Crippen molar-refractivity contribution >= 4 is 11.3 Å². The Balaban J connectivity index is 1.80. The van der Waals surface area contributed by atoms with Gasteiger partial charge in [0.05, 0.1) is 0 Å². The Morgan fingerprint density at radius 3 is 2.50 bits per heavy atom. The monoisotopic (exact) mass is 337 g/mol. The molecule has 0 bridgehead atoms. The molecule has 1 aliphatic rings. The van der Waals surface area contributed by atoms with Gasteiger partial charge in [-0.3, -0.25) is 0 Å². The van der Waals surface area contributed by atoms with Crippen LogP contribution >= 0.6 is 0 Å². The molecular weight excluding hydrogens is 322 g/mol. The first-order chi connectivity index (χ1) is 11.8. The van der Waals surface area contributed by atoms with Crippen molar-refractivity contribution in [2.24, 2.45) is 0 Å². The summed E-state index contributed by atoms with van der Waals surface area (Å²) < 4.78 is 26.1. The molecule has 5 heteroatoms. The largest absolute Gasteiger partial charge is 0.457 e. The molecule has 120 valence electrons. The molecule has 1 N–H and O–H groups in total. The van der Waals surface area contributed by atoms with Crippen LogP contribution in [0.25, 0.3) is 11.1 Å². The average Bonchev–Trinajstić information content (AvgIpc) is 2.63. The van der Waals surface area contributed by atoms with Gasteiger partial charge in [0.2, 0.25) is 0 Å². The molecule has 4 nitrogen and oxygen atoms in total. The molecule has 0 saturated heterocycles. The fraction of sp³-hybridized carbons (Fsp3) is 0.0526. The first-order valence-corrected chi connectivity index (χ1v) is 8.66. The summed E-state index contributed by atoms with van der Waals surface area (Å²) in [5.74, 6) is 2.13. The second-order valence-electron chi connectivity index (χ2n) is 5.34. The molecule has 0 amide bonds. The van der Waals surface area contributed by atoms with E-state index in [0.29, 0.717) is 12.3 Å². The third-order valence-corrected chi connectivity index (χ3v) is 4.48. The molecule has 3 aromatic rings. The van der Waals surface area contributed by atoms with Crippen molar-refractivity contribution in [1.82, 2.24) is 4.72 Å². The molecule has 0 spiro atoms. The van der Waals surface area contributed by atoms with Gasteiger partial charge in [-0.05, 0) is 18.2 Å². The fourth-order valence-electron chi connectivity index (χ4n) is 2.67. The normalized spacial score (nSPS) is 16.1. The molecule has 3 aromatic carbocycles. The van der Waals surface area contributed by atoms with Crippen LogP contribution in [0.15, 0.2) is 72.8 Å². The van der Waals surface area contributed by atoms with Crippen molar-refractivity contribution in [3.63, 3.8) is 0 Å². The van der Waals surface area contributed by atoms with E-state index in [9.17, 15) is 4.21 Å². The molecular formula is C19H15NO3S. The maximum absolute atomic E-state index is 11.7. The topological polar surface area (TPSA) is 47.6 Å². The zero-order valence-corrected chi connectivity index (χ0v) is 13.6. The number of benzene rings is 3. The van der Waals surface area contributed by atoms with E-state index in [1.54, 1.807) is 0 Å². The molecule has 1 aliphatic heterocycles. The highest BCUT2D eigenvalue weighted by Crippen LogP contribution is 2.41. The lowest BCUT2D eigenvalue weighted by atomic mass is 10.0. The molecule has 0 aromatic heterocycles. The van der Waals surface area contributed by atoms with Crippen molar-refractivity contribution in [2.45, 2.75) is 6.54 Å². The maximum atomic E-state index is 11.7. The van der Waals surface area contributed by atoms with Gasteiger partial charge in [-0.15, -0.1) is 0 Å². The van der Waals surface area contributed by atoms with Crippen LogP contribution < -0.4 is 13.6 Å². The number of para-hydroxylation sites is 3. The summed E-state index contributed by atoms with van der Waals surface area (Å²) in [4.78, 5) is 0. The van der Waals surface area contributed by atoms with Crippen molar-refractivity contribution in [3.8, 4) is 28.4 Å². The maximum Gasteiger partial charge on any atom is 0.288 e. The summed E-state index contributed by atoms with van der Waals surface area (Å²) in [7, 11) is 0. The lowest BCUT2D eigenvalue weighted by Gasteiger charge is -2.20. The van der Waals surface area contributed by atoms with E-state index in [2.05, 4.69) is 4.72 Å². The van der Waals surface area contributed by atoms with Crippen LogP contribution in [-0.4, -0.2) is 4.21 Å². The zero-order valence-electron chi connectivity index (χ0n) is 12.8. The van der Waals surface area contributed by atoms with Gasteiger partial charge in [-0.1, -0.05) is 54.6 Å². The SMILES string of the molecule is O=S1NCc2cccc(-c3ccccc3Oc3ccccc3)c2O1. The van der Waals surface area contributed by atoms with E-state index in [-0.39, 0.29) is 0 Å². The minimum absolute atomic E-state index is 0.511. The van der Waals surface area contributed by atoms with Crippen LogP contribution in [0.2, 0.25) is 0 Å². The highest BCUT2D eigenvalue weighted by molar-refractivity contribution is 7.78. The van der Waals surface area contributed by atoms with E-state index in [0.717, 1.165) is 28.2 Å². The molecule has 0 fully saturated rings. The van der Waals surface area contributed by atoms with Gasteiger partial charge in [-0.25, -0.2) is 0 Å². The number of nitrogens with one attached hydrogen (secondary N) is 1. The highest BCUT2D eigenvalue weighted by Gasteiger charge is 2.21. The summed E-state index contributed by atoms with van der Waals surface area (Å²) in [5, 5.41) is 0. The lowest BCUT2D eigenvalue weighted by molar-refractivity contribution is 0.483. The Bertz CT molecular complexity index is 896. The van der Waals surface area contributed by atoms with E-state index in [1.165, 1.54) is 0 Å². The minimum Gasteiger partial charge on any atom is -0.457 e. The minimum atomic E-state index is -1.52. The zero-order chi connectivity index (χ0) is 16.4. The quantitative estimate of drug-likeness (QED) is 0.779. The summed E-state index contributed by atoms with van der Waals surface area (Å²) in [6, 6.07) is 23.3. The Morgan fingerprint density at radius 1 is 0.875 bits per heavy atom. The first kappa shape index (κ1) is 14.9. The van der Waals surface area contributed by atoms with Gasteiger partial charge < -0.3 is 8.92 Å². The smallest absolute Gasteiger partial charge is 0.288 e. The Hall–Kier alpha value is -2.63.